The molecule has 2 N–H and O–H groups in total. The molecule has 102 valence electrons. The first-order valence-corrected chi connectivity index (χ1v) is 7.11. The monoisotopic (exact) mass is 280 g/mol. The van der Waals surface area contributed by atoms with E-state index in [1.165, 1.54) is 6.42 Å². The molecule has 19 heavy (non-hydrogen) atoms. The molecule has 2 aliphatic rings. The molecule has 2 heterocycles. The first-order valence-electron chi connectivity index (χ1n) is 6.73. The van der Waals surface area contributed by atoms with Crippen LogP contribution in [0.15, 0.2) is 6.20 Å². The van der Waals surface area contributed by atoms with Crippen molar-refractivity contribution in [3.8, 4) is 0 Å². The Morgan fingerprint density at radius 3 is 2.84 bits per heavy atom. The van der Waals surface area contributed by atoms with Gasteiger partial charge in [-0.3, -0.25) is 4.79 Å². The Balaban J connectivity index is 2.11. The predicted molar refractivity (Wildman–Crippen MR) is 73.2 cm³/mol. The third kappa shape index (κ3) is 1.92. The van der Waals surface area contributed by atoms with E-state index in [1.54, 1.807) is 6.20 Å². The second-order valence-electron chi connectivity index (χ2n) is 5.21. The van der Waals surface area contributed by atoms with E-state index in [2.05, 4.69) is 14.9 Å². The van der Waals surface area contributed by atoms with Gasteiger partial charge >= 0.3 is 0 Å². The second kappa shape index (κ2) is 4.72. The van der Waals surface area contributed by atoms with Gasteiger partial charge in [-0.05, 0) is 37.3 Å². The fraction of sp³-hybridized carbons (Fsp3) is 0.615. The van der Waals surface area contributed by atoms with Crippen molar-refractivity contribution in [2.45, 2.75) is 50.7 Å². The van der Waals surface area contributed by atoms with Gasteiger partial charge < -0.3 is 10.6 Å². The summed E-state index contributed by atoms with van der Waals surface area (Å²) < 4.78 is 0. The number of Topliss-reactive ketones (excluding diaryl/α,β-unsaturated/α-hetero) is 1. The lowest BCUT2D eigenvalue weighted by Gasteiger charge is -2.46. The van der Waals surface area contributed by atoms with Gasteiger partial charge in [0.1, 0.15) is 5.82 Å². The minimum Gasteiger partial charge on any atom is -0.343 e. The van der Waals surface area contributed by atoms with E-state index in [0.717, 1.165) is 25.1 Å². The maximum absolute atomic E-state index is 12.4. The Hall–Kier alpha value is -1.20. The van der Waals surface area contributed by atoms with E-state index in [-0.39, 0.29) is 17.1 Å². The summed E-state index contributed by atoms with van der Waals surface area (Å²) in [5.74, 6) is 0.816. The molecule has 0 spiro atoms. The molecule has 0 saturated heterocycles. The van der Waals surface area contributed by atoms with Crippen LogP contribution in [-0.4, -0.2) is 27.8 Å². The topological polar surface area (TPSA) is 72.1 Å². The minimum absolute atomic E-state index is 0.0628. The highest BCUT2D eigenvalue weighted by Crippen LogP contribution is 2.39. The third-order valence-electron chi connectivity index (χ3n) is 4.17. The molecule has 1 aliphatic heterocycles. The Bertz CT molecular complexity index is 517. The van der Waals surface area contributed by atoms with Crippen LogP contribution in [0.5, 0.6) is 0 Å². The number of carbonyl (C=O) groups is 1. The summed E-state index contributed by atoms with van der Waals surface area (Å²) in [6.45, 7) is 2.01. The molecule has 1 unspecified atom stereocenters. The fourth-order valence-corrected chi connectivity index (χ4v) is 3.05. The van der Waals surface area contributed by atoms with Gasteiger partial charge in [-0.1, -0.05) is 6.92 Å². The Labute approximate surface area is 117 Å². The van der Waals surface area contributed by atoms with Crippen molar-refractivity contribution in [2.24, 2.45) is 5.73 Å². The SMILES string of the molecule is CC[C@@H]1C(=O)C(N)c2cnc(Cl)nc2N1C1CCC1. The Morgan fingerprint density at radius 1 is 1.53 bits per heavy atom. The second-order valence-corrected chi connectivity index (χ2v) is 5.55. The van der Waals surface area contributed by atoms with Crippen molar-refractivity contribution in [3.05, 3.63) is 17.0 Å². The maximum Gasteiger partial charge on any atom is 0.224 e. The van der Waals surface area contributed by atoms with Crippen LogP contribution in [0.1, 0.15) is 44.2 Å². The summed E-state index contributed by atoms with van der Waals surface area (Å²) >= 11 is 5.91. The standard InChI is InChI=1S/C13H17ClN4O/c1-2-9-11(19)10(15)8-6-16-13(14)17-12(8)18(9)7-4-3-5-7/h6-7,9-10H,2-5,15H2,1H3/t9-,10?/m1/s1. The number of hydrogen-bond donors (Lipinski definition) is 1. The third-order valence-corrected chi connectivity index (χ3v) is 4.35. The summed E-state index contributed by atoms with van der Waals surface area (Å²) in [7, 11) is 0. The van der Waals surface area contributed by atoms with Crippen LogP contribution in [-0.2, 0) is 4.79 Å². The normalized spacial score (nSPS) is 27.1. The molecule has 1 saturated carbocycles. The summed E-state index contributed by atoms with van der Waals surface area (Å²) in [4.78, 5) is 22.8. The fourth-order valence-electron chi connectivity index (χ4n) is 2.92. The molecular formula is C13H17ClN4O. The van der Waals surface area contributed by atoms with Gasteiger partial charge in [-0.25, -0.2) is 9.97 Å². The van der Waals surface area contributed by atoms with Crippen LogP contribution in [0, 0.1) is 0 Å². The summed E-state index contributed by atoms with van der Waals surface area (Å²) in [5.41, 5.74) is 6.73. The number of hydrogen-bond acceptors (Lipinski definition) is 5. The van der Waals surface area contributed by atoms with Gasteiger partial charge in [0.05, 0.1) is 12.1 Å². The van der Waals surface area contributed by atoms with Gasteiger partial charge in [0.2, 0.25) is 5.28 Å². The first-order chi connectivity index (χ1) is 9.13. The van der Waals surface area contributed by atoms with Crippen molar-refractivity contribution in [1.82, 2.24) is 9.97 Å². The van der Waals surface area contributed by atoms with Crippen molar-refractivity contribution in [3.63, 3.8) is 0 Å². The molecule has 2 atom stereocenters. The smallest absolute Gasteiger partial charge is 0.224 e. The first kappa shape index (κ1) is 12.8. The lowest BCUT2D eigenvalue weighted by molar-refractivity contribution is -0.122. The number of rotatable bonds is 2. The molecular weight excluding hydrogens is 264 g/mol. The van der Waals surface area contributed by atoms with E-state index in [0.29, 0.717) is 11.6 Å². The van der Waals surface area contributed by atoms with E-state index >= 15 is 0 Å². The summed E-state index contributed by atoms with van der Waals surface area (Å²) in [6, 6.07) is -0.432. The zero-order chi connectivity index (χ0) is 13.6. The number of halogens is 1. The van der Waals surface area contributed by atoms with Crippen LogP contribution < -0.4 is 10.6 Å². The van der Waals surface area contributed by atoms with E-state index in [1.807, 2.05) is 6.92 Å². The number of nitrogens with two attached hydrogens (primary N) is 1. The Kier molecular flexibility index (Phi) is 3.19. The predicted octanol–water partition coefficient (Wildman–Crippen LogP) is 1.85. The molecule has 0 radical (unpaired) electrons. The number of ketones is 1. The molecule has 6 heteroatoms. The van der Waals surface area contributed by atoms with Crippen molar-refractivity contribution in [2.75, 3.05) is 4.90 Å². The van der Waals surface area contributed by atoms with E-state index in [9.17, 15) is 4.79 Å². The molecule has 1 aliphatic carbocycles. The molecule has 0 bridgehead atoms. The van der Waals surface area contributed by atoms with Crippen molar-refractivity contribution < 1.29 is 4.79 Å². The number of aromatic nitrogens is 2. The van der Waals surface area contributed by atoms with Crippen molar-refractivity contribution >= 4 is 23.2 Å². The van der Waals surface area contributed by atoms with Gasteiger partial charge in [-0.15, -0.1) is 0 Å². The van der Waals surface area contributed by atoms with E-state index < -0.39 is 6.04 Å². The van der Waals surface area contributed by atoms with Gasteiger partial charge in [0.15, 0.2) is 5.78 Å². The Morgan fingerprint density at radius 2 is 2.26 bits per heavy atom. The zero-order valence-electron chi connectivity index (χ0n) is 10.8. The summed E-state index contributed by atoms with van der Waals surface area (Å²) in [5, 5.41) is 0.208. The van der Waals surface area contributed by atoms with Crippen LogP contribution in [0.25, 0.3) is 0 Å². The zero-order valence-corrected chi connectivity index (χ0v) is 11.6. The quantitative estimate of drug-likeness (QED) is 0.837. The molecule has 3 rings (SSSR count). The minimum atomic E-state index is -0.631. The van der Waals surface area contributed by atoms with Crippen LogP contribution in [0.3, 0.4) is 0 Å². The van der Waals surface area contributed by atoms with Gasteiger partial charge in [-0.2, -0.15) is 0 Å². The maximum atomic E-state index is 12.4. The number of nitrogens with zero attached hydrogens (tertiary/aromatic N) is 3. The van der Waals surface area contributed by atoms with Crippen LogP contribution >= 0.6 is 11.6 Å². The number of carbonyl (C=O) groups excluding carboxylic acids is 1. The largest absolute Gasteiger partial charge is 0.343 e. The summed E-state index contributed by atoms with van der Waals surface area (Å²) in [6.07, 6.45) is 5.72. The van der Waals surface area contributed by atoms with E-state index in [4.69, 9.17) is 17.3 Å². The average Bonchev–Trinajstić information content (AvgIpc) is 2.34. The van der Waals surface area contributed by atoms with Gasteiger partial charge in [0.25, 0.3) is 0 Å². The number of anilines is 1. The molecule has 1 aromatic rings. The molecule has 0 aromatic carbocycles. The highest BCUT2D eigenvalue weighted by atomic mass is 35.5. The van der Waals surface area contributed by atoms with Crippen LogP contribution in [0.4, 0.5) is 5.82 Å². The highest BCUT2D eigenvalue weighted by molar-refractivity contribution is 6.28. The van der Waals surface area contributed by atoms with Gasteiger partial charge in [0, 0.05) is 17.8 Å². The lowest BCUT2D eigenvalue weighted by Crippen LogP contribution is -2.56. The highest BCUT2D eigenvalue weighted by Gasteiger charge is 2.42. The molecule has 5 nitrogen and oxygen atoms in total. The number of fused-ring (bicyclic) bond motifs is 1. The van der Waals surface area contributed by atoms with Crippen LogP contribution in [0.2, 0.25) is 5.28 Å². The molecule has 1 aromatic heterocycles. The average molecular weight is 281 g/mol. The lowest BCUT2D eigenvalue weighted by atomic mass is 9.84. The molecule has 0 amide bonds. The van der Waals surface area contributed by atoms with Crippen molar-refractivity contribution in [1.29, 1.82) is 0 Å². The molecule has 1 fully saturated rings.